The van der Waals surface area contributed by atoms with Crippen LogP contribution in [0, 0.1) is 0 Å². The van der Waals surface area contributed by atoms with Crippen molar-refractivity contribution in [3.05, 3.63) is 63.9 Å². The predicted molar refractivity (Wildman–Crippen MR) is 89.1 cm³/mol. The van der Waals surface area contributed by atoms with Gasteiger partial charge in [0.15, 0.2) is 0 Å². The van der Waals surface area contributed by atoms with Crippen LogP contribution in [0.15, 0.2) is 42.7 Å². The quantitative estimate of drug-likeness (QED) is 0.816. The Labute approximate surface area is 148 Å². The van der Waals surface area contributed by atoms with Crippen LogP contribution in [-0.2, 0) is 22.6 Å². The topological polar surface area (TPSA) is 88.5 Å². The van der Waals surface area contributed by atoms with Crippen LogP contribution in [-0.4, -0.2) is 28.2 Å². The van der Waals surface area contributed by atoms with E-state index in [0.717, 1.165) is 5.56 Å². The van der Waals surface area contributed by atoms with Gasteiger partial charge in [-0.2, -0.15) is 0 Å². The number of benzene rings is 1. The number of ether oxygens (including phenoxy) is 1. The van der Waals surface area contributed by atoms with E-state index in [2.05, 4.69) is 10.3 Å². The van der Waals surface area contributed by atoms with Crippen LogP contribution in [0.3, 0.4) is 0 Å². The largest absolute Gasteiger partial charge is 0.480 e. The van der Waals surface area contributed by atoms with E-state index in [1.165, 1.54) is 12.4 Å². The molecule has 1 heterocycles. The highest BCUT2D eigenvalue weighted by molar-refractivity contribution is 6.35. The molecule has 0 fully saturated rings. The van der Waals surface area contributed by atoms with Gasteiger partial charge in [-0.25, -0.2) is 9.59 Å². The van der Waals surface area contributed by atoms with Crippen molar-refractivity contribution in [2.45, 2.75) is 19.1 Å². The van der Waals surface area contributed by atoms with E-state index in [0.29, 0.717) is 5.56 Å². The lowest BCUT2D eigenvalue weighted by atomic mass is 10.1. The number of pyridine rings is 1. The van der Waals surface area contributed by atoms with Crippen LogP contribution in [0.25, 0.3) is 0 Å². The minimum atomic E-state index is -1.23. The lowest BCUT2D eigenvalue weighted by Gasteiger charge is -2.16. The molecule has 0 bridgehead atoms. The van der Waals surface area contributed by atoms with Crippen molar-refractivity contribution in [3.8, 4) is 0 Å². The van der Waals surface area contributed by atoms with Crippen molar-refractivity contribution >= 4 is 35.3 Å². The molecule has 2 rings (SSSR count). The van der Waals surface area contributed by atoms with E-state index >= 15 is 0 Å². The molecule has 1 unspecified atom stereocenters. The Balaban J connectivity index is 1.98. The first kappa shape index (κ1) is 18.0. The van der Waals surface area contributed by atoms with E-state index < -0.39 is 18.1 Å². The second kappa shape index (κ2) is 8.52. The molecule has 0 saturated heterocycles. The fourth-order valence-corrected chi connectivity index (χ4v) is 2.46. The molecule has 126 valence electrons. The predicted octanol–water partition coefficient (Wildman–Crippen LogP) is 3.31. The molecule has 0 aliphatic heterocycles. The summed E-state index contributed by atoms with van der Waals surface area (Å²) in [5.74, 6) is -1.23. The number of aromatic nitrogens is 1. The monoisotopic (exact) mass is 368 g/mol. The SMILES string of the molecule is O=C(NC(Cc1c(Cl)cncc1Cl)C(=O)O)OCc1ccccc1. The van der Waals surface area contributed by atoms with E-state index in [1.807, 2.05) is 18.2 Å². The van der Waals surface area contributed by atoms with E-state index in [1.54, 1.807) is 12.1 Å². The fourth-order valence-electron chi connectivity index (χ4n) is 1.94. The molecule has 0 aliphatic rings. The van der Waals surface area contributed by atoms with Gasteiger partial charge in [-0.3, -0.25) is 4.98 Å². The lowest BCUT2D eigenvalue weighted by molar-refractivity contribution is -0.139. The summed E-state index contributed by atoms with van der Waals surface area (Å²) in [6.45, 7) is 0.0375. The van der Waals surface area contributed by atoms with Crippen LogP contribution in [0.5, 0.6) is 0 Å². The molecule has 8 heteroatoms. The first-order valence-corrected chi connectivity index (χ1v) is 7.71. The maximum absolute atomic E-state index is 11.8. The average molecular weight is 369 g/mol. The Morgan fingerprint density at radius 2 is 1.79 bits per heavy atom. The first-order chi connectivity index (χ1) is 11.5. The molecule has 0 saturated carbocycles. The molecule has 0 radical (unpaired) electrons. The lowest BCUT2D eigenvalue weighted by Crippen LogP contribution is -2.42. The smallest absolute Gasteiger partial charge is 0.408 e. The average Bonchev–Trinajstić information content (AvgIpc) is 2.56. The van der Waals surface area contributed by atoms with Crippen molar-refractivity contribution in [1.29, 1.82) is 0 Å². The van der Waals surface area contributed by atoms with Gasteiger partial charge in [0.25, 0.3) is 0 Å². The molecule has 1 atom stereocenters. The van der Waals surface area contributed by atoms with E-state index in [4.69, 9.17) is 27.9 Å². The summed E-state index contributed by atoms with van der Waals surface area (Å²) in [6.07, 6.45) is 1.79. The van der Waals surface area contributed by atoms with Crippen molar-refractivity contribution < 1.29 is 19.4 Å². The molecule has 0 spiro atoms. The summed E-state index contributed by atoms with van der Waals surface area (Å²) in [6, 6.07) is 7.81. The summed E-state index contributed by atoms with van der Waals surface area (Å²) < 4.78 is 5.02. The number of hydrogen-bond acceptors (Lipinski definition) is 4. The third-order valence-electron chi connectivity index (χ3n) is 3.16. The number of carboxylic acid groups (broad SMARTS) is 1. The zero-order valence-corrected chi connectivity index (χ0v) is 13.9. The minimum Gasteiger partial charge on any atom is -0.480 e. The second-order valence-electron chi connectivity index (χ2n) is 4.88. The van der Waals surface area contributed by atoms with Crippen LogP contribution in [0.4, 0.5) is 4.79 Å². The number of amides is 1. The summed E-state index contributed by atoms with van der Waals surface area (Å²) in [5, 5.41) is 12.0. The molecule has 2 aromatic rings. The molecule has 2 N–H and O–H groups in total. The number of nitrogens with one attached hydrogen (secondary N) is 1. The number of alkyl carbamates (subject to hydrolysis) is 1. The highest BCUT2D eigenvalue weighted by atomic mass is 35.5. The second-order valence-corrected chi connectivity index (χ2v) is 5.70. The molecular weight excluding hydrogens is 355 g/mol. The molecule has 1 aromatic heterocycles. The molecule has 24 heavy (non-hydrogen) atoms. The Bertz CT molecular complexity index is 705. The third-order valence-corrected chi connectivity index (χ3v) is 3.81. The standard InChI is InChI=1S/C16H14Cl2N2O4/c17-12-7-19-8-13(18)11(12)6-14(15(21)22)20-16(23)24-9-10-4-2-1-3-5-10/h1-5,7-8,14H,6,9H2,(H,20,23)(H,21,22). The van der Waals surface area contributed by atoms with Crippen molar-refractivity contribution in [1.82, 2.24) is 10.3 Å². The maximum Gasteiger partial charge on any atom is 0.408 e. The fraction of sp³-hybridized carbons (Fsp3) is 0.188. The Kier molecular flexibility index (Phi) is 6.40. The van der Waals surface area contributed by atoms with Gasteiger partial charge >= 0.3 is 12.1 Å². The Hall–Kier alpha value is -2.31. The number of carbonyl (C=O) groups is 2. The van der Waals surface area contributed by atoms with Crippen molar-refractivity contribution in [2.75, 3.05) is 0 Å². The van der Waals surface area contributed by atoms with Gasteiger partial charge in [0.05, 0.1) is 10.0 Å². The number of aliphatic carboxylic acids is 1. The molecule has 1 amide bonds. The van der Waals surface area contributed by atoms with Gasteiger partial charge < -0.3 is 15.2 Å². The number of carboxylic acids is 1. The van der Waals surface area contributed by atoms with Crippen LogP contribution < -0.4 is 5.32 Å². The summed E-state index contributed by atoms with van der Waals surface area (Å²) in [7, 11) is 0. The molecular formula is C16H14Cl2N2O4. The Morgan fingerprint density at radius 1 is 1.17 bits per heavy atom. The molecule has 0 aliphatic carbocycles. The van der Waals surface area contributed by atoms with Gasteiger partial charge in [0.1, 0.15) is 12.6 Å². The summed E-state index contributed by atoms with van der Waals surface area (Å²) in [4.78, 5) is 27.0. The zero-order chi connectivity index (χ0) is 17.5. The number of rotatable bonds is 6. The molecule has 6 nitrogen and oxygen atoms in total. The number of nitrogens with zero attached hydrogens (tertiary/aromatic N) is 1. The van der Waals surface area contributed by atoms with Gasteiger partial charge in [-0.05, 0) is 11.1 Å². The third kappa shape index (κ3) is 5.11. The summed E-state index contributed by atoms with van der Waals surface area (Å²) in [5.41, 5.74) is 1.18. The van der Waals surface area contributed by atoms with E-state index in [-0.39, 0.29) is 23.1 Å². The highest BCUT2D eigenvalue weighted by Crippen LogP contribution is 2.24. The number of halogens is 2. The number of carbonyl (C=O) groups excluding carboxylic acids is 1. The van der Waals surface area contributed by atoms with Gasteiger partial charge in [-0.15, -0.1) is 0 Å². The van der Waals surface area contributed by atoms with Gasteiger partial charge in [-0.1, -0.05) is 53.5 Å². The maximum atomic E-state index is 11.8. The Morgan fingerprint density at radius 3 is 2.38 bits per heavy atom. The number of hydrogen-bond donors (Lipinski definition) is 2. The van der Waals surface area contributed by atoms with Gasteiger partial charge in [0.2, 0.25) is 0 Å². The summed E-state index contributed by atoms with van der Waals surface area (Å²) >= 11 is 11.9. The van der Waals surface area contributed by atoms with Crippen molar-refractivity contribution in [2.24, 2.45) is 0 Å². The van der Waals surface area contributed by atoms with Crippen LogP contribution >= 0.6 is 23.2 Å². The van der Waals surface area contributed by atoms with Crippen LogP contribution in [0.2, 0.25) is 10.0 Å². The van der Waals surface area contributed by atoms with Gasteiger partial charge in [0, 0.05) is 18.8 Å². The van der Waals surface area contributed by atoms with E-state index in [9.17, 15) is 14.7 Å². The highest BCUT2D eigenvalue weighted by Gasteiger charge is 2.23. The molecule has 1 aromatic carbocycles. The minimum absolute atomic E-state index is 0.0375. The van der Waals surface area contributed by atoms with Crippen molar-refractivity contribution in [3.63, 3.8) is 0 Å². The zero-order valence-electron chi connectivity index (χ0n) is 12.4. The first-order valence-electron chi connectivity index (χ1n) is 6.95. The van der Waals surface area contributed by atoms with Crippen LogP contribution in [0.1, 0.15) is 11.1 Å². The normalized spacial score (nSPS) is 11.6.